The molecule has 0 aromatic heterocycles. The summed E-state index contributed by atoms with van der Waals surface area (Å²) in [4.78, 5) is 0. The summed E-state index contributed by atoms with van der Waals surface area (Å²) in [5, 5.41) is 0. The highest BCUT2D eigenvalue weighted by atomic mass is 19.2. The Morgan fingerprint density at radius 1 is 1.26 bits per heavy atom. The molecular formula is C14H22F2N2O. The Kier molecular flexibility index (Phi) is 6.34. The van der Waals surface area contributed by atoms with Gasteiger partial charge in [0.05, 0.1) is 12.1 Å². The molecule has 0 aliphatic carbocycles. The molecule has 0 radical (unpaired) electrons. The molecule has 1 rings (SSSR count). The number of hydrogen-bond acceptors (Lipinski definition) is 3. The van der Waals surface area contributed by atoms with Crippen molar-refractivity contribution in [2.45, 2.75) is 45.8 Å². The quantitative estimate of drug-likeness (QED) is 0.592. The molecule has 0 heterocycles. The summed E-state index contributed by atoms with van der Waals surface area (Å²) in [6.45, 7) is 5.89. The van der Waals surface area contributed by atoms with Crippen LogP contribution >= 0.6 is 0 Å². The van der Waals surface area contributed by atoms with E-state index in [4.69, 9.17) is 10.6 Å². The molecule has 2 atom stereocenters. The minimum Gasteiger partial charge on any atom is -0.376 e. The highest BCUT2D eigenvalue weighted by molar-refractivity contribution is 5.28. The van der Waals surface area contributed by atoms with E-state index in [0.717, 1.165) is 12.8 Å². The van der Waals surface area contributed by atoms with E-state index in [-0.39, 0.29) is 17.2 Å². The van der Waals surface area contributed by atoms with Gasteiger partial charge < -0.3 is 4.74 Å². The van der Waals surface area contributed by atoms with Crippen molar-refractivity contribution in [3.8, 4) is 0 Å². The predicted molar refractivity (Wildman–Crippen MR) is 71.5 cm³/mol. The summed E-state index contributed by atoms with van der Waals surface area (Å²) in [5.74, 6) is 3.82. The third-order valence-electron chi connectivity index (χ3n) is 3.15. The van der Waals surface area contributed by atoms with Crippen LogP contribution in [0.1, 0.15) is 43.9 Å². The Labute approximate surface area is 113 Å². The summed E-state index contributed by atoms with van der Waals surface area (Å²) in [7, 11) is 0. The molecule has 0 aliphatic rings. The van der Waals surface area contributed by atoms with Crippen molar-refractivity contribution in [2.75, 3.05) is 6.61 Å². The molecule has 2 unspecified atom stereocenters. The first-order valence-corrected chi connectivity index (χ1v) is 6.58. The van der Waals surface area contributed by atoms with Gasteiger partial charge in [-0.25, -0.2) is 8.78 Å². The first-order valence-electron chi connectivity index (χ1n) is 6.58. The Bertz CT molecular complexity index is 407. The van der Waals surface area contributed by atoms with Crippen molar-refractivity contribution in [3.63, 3.8) is 0 Å². The van der Waals surface area contributed by atoms with E-state index < -0.39 is 17.7 Å². The second-order valence-corrected chi connectivity index (χ2v) is 4.53. The van der Waals surface area contributed by atoms with Gasteiger partial charge in [0.25, 0.3) is 0 Å². The van der Waals surface area contributed by atoms with Crippen molar-refractivity contribution in [1.29, 1.82) is 0 Å². The average molecular weight is 272 g/mol. The molecule has 0 fully saturated rings. The smallest absolute Gasteiger partial charge is 0.164 e. The van der Waals surface area contributed by atoms with Crippen LogP contribution < -0.4 is 11.3 Å². The van der Waals surface area contributed by atoms with E-state index in [2.05, 4.69) is 5.43 Å². The largest absolute Gasteiger partial charge is 0.376 e. The maximum absolute atomic E-state index is 14.0. The van der Waals surface area contributed by atoms with Crippen molar-refractivity contribution < 1.29 is 13.5 Å². The van der Waals surface area contributed by atoms with Gasteiger partial charge in [-0.15, -0.1) is 0 Å². The second-order valence-electron chi connectivity index (χ2n) is 4.53. The summed E-state index contributed by atoms with van der Waals surface area (Å²) >= 11 is 0. The second kappa shape index (κ2) is 7.53. The number of nitrogens with one attached hydrogen (secondary N) is 1. The van der Waals surface area contributed by atoms with E-state index >= 15 is 0 Å². The standard InChI is InChI=1S/C14H22F2N2O/c1-4-6-11(19-5-2)14(18-17)10-8-7-9(3)12(15)13(10)16/h7-8,11,14,18H,4-6,17H2,1-3H3. The third kappa shape index (κ3) is 3.72. The number of halogens is 2. The minimum atomic E-state index is -0.858. The minimum absolute atomic E-state index is 0.206. The lowest BCUT2D eigenvalue weighted by molar-refractivity contribution is 0.0265. The van der Waals surface area contributed by atoms with Crippen LogP contribution in [0.2, 0.25) is 0 Å². The number of aryl methyl sites for hydroxylation is 1. The number of benzene rings is 1. The molecule has 0 aliphatic heterocycles. The number of ether oxygens (including phenoxy) is 1. The molecule has 108 valence electrons. The normalized spacial score (nSPS) is 14.4. The van der Waals surface area contributed by atoms with Gasteiger partial charge in [0.15, 0.2) is 11.6 Å². The fraction of sp³-hybridized carbons (Fsp3) is 0.571. The zero-order valence-electron chi connectivity index (χ0n) is 11.7. The number of hydrazine groups is 1. The van der Waals surface area contributed by atoms with Crippen LogP contribution in [-0.2, 0) is 4.74 Å². The Morgan fingerprint density at radius 2 is 1.95 bits per heavy atom. The third-order valence-corrected chi connectivity index (χ3v) is 3.15. The molecule has 1 aromatic carbocycles. The molecule has 1 aromatic rings. The number of nitrogens with two attached hydrogens (primary N) is 1. The molecule has 0 spiro atoms. The lowest BCUT2D eigenvalue weighted by atomic mass is 9.97. The number of rotatable bonds is 7. The molecule has 19 heavy (non-hydrogen) atoms. The van der Waals surface area contributed by atoms with Crippen LogP contribution in [0.25, 0.3) is 0 Å². The van der Waals surface area contributed by atoms with Crippen LogP contribution in [0, 0.1) is 18.6 Å². The van der Waals surface area contributed by atoms with Crippen molar-refractivity contribution in [1.82, 2.24) is 5.43 Å². The first kappa shape index (κ1) is 16.0. The molecular weight excluding hydrogens is 250 g/mol. The van der Waals surface area contributed by atoms with Gasteiger partial charge >= 0.3 is 0 Å². The molecule has 5 heteroatoms. The van der Waals surface area contributed by atoms with Gasteiger partial charge in [0, 0.05) is 12.2 Å². The summed E-state index contributed by atoms with van der Waals surface area (Å²) in [6.07, 6.45) is 1.31. The summed E-state index contributed by atoms with van der Waals surface area (Å²) < 4.78 is 33.2. The fourth-order valence-electron chi connectivity index (χ4n) is 2.14. The topological polar surface area (TPSA) is 47.3 Å². The first-order chi connectivity index (χ1) is 9.06. The van der Waals surface area contributed by atoms with E-state index in [0.29, 0.717) is 6.61 Å². The maximum atomic E-state index is 14.0. The van der Waals surface area contributed by atoms with E-state index in [1.807, 2.05) is 13.8 Å². The van der Waals surface area contributed by atoms with Crippen LogP contribution in [0.5, 0.6) is 0 Å². The zero-order chi connectivity index (χ0) is 14.4. The molecule has 3 nitrogen and oxygen atoms in total. The molecule has 0 saturated heterocycles. The lowest BCUT2D eigenvalue weighted by Crippen LogP contribution is -2.38. The Balaban J connectivity index is 3.10. The molecule has 0 saturated carbocycles. The van der Waals surface area contributed by atoms with E-state index in [1.54, 1.807) is 12.1 Å². The average Bonchev–Trinajstić information content (AvgIpc) is 2.40. The van der Waals surface area contributed by atoms with Crippen LogP contribution in [0.15, 0.2) is 12.1 Å². The van der Waals surface area contributed by atoms with Crippen LogP contribution in [0.4, 0.5) is 8.78 Å². The number of hydrogen-bond donors (Lipinski definition) is 2. The predicted octanol–water partition coefficient (Wildman–Crippen LogP) is 2.98. The van der Waals surface area contributed by atoms with E-state index in [9.17, 15) is 8.78 Å². The van der Waals surface area contributed by atoms with Gasteiger partial charge in [-0.1, -0.05) is 25.5 Å². The zero-order valence-corrected chi connectivity index (χ0v) is 11.7. The monoisotopic (exact) mass is 272 g/mol. The molecule has 3 N–H and O–H groups in total. The van der Waals surface area contributed by atoms with Gasteiger partial charge in [-0.2, -0.15) is 0 Å². The van der Waals surface area contributed by atoms with Crippen molar-refractivity contribution >= 4 is 0 Å². The van der Waals surface area contributed by atoms with Gasteiger partial charge in [-0.05, 0) is 25.8 Å². The highest BCUT2D eigenvalue weighted by Gasteiger charge is 2.26. The molecule has 0 amide bonds. The van der Waals surface area contributed by atoms with Gasteiger partial charge in [-0.3, -0.25) is 11.3 Å². The van der Waals surface area contributed by atoms with Crippen LogP contribution in [-0.4, -0.2) is 12.7 Å². The maximum Gasteiger partial charge on any atom is 0.164 e. The fourth-order valence-corrected chi connectivity index (χ4v) is 2.14. The van der Waals surface area contributed by atoms with E-state index in [1.165, 1.54) is 6.92 Å². The van der Waals surface area contributed by atoms with Gasteiger partial charge in [0.1, 0.15) is 0 Å². The van der Waals surface area contributed by atoms with Crippen molar-refractivity contribution in [2.24, 2.45) is 5.84 Å². The SMILES string of the molecule is CCCC(OCC)C(NN)c1ccc(C)c(F)c1F. The summed E-state index contributed by atoms with van der Waals surface area (Å²) in [5.41, 5.74) is 3.03. The van der Waals surface area contributed by atoms with Crippen molar-refractivity contribution in [3.05, 3.63) is 34.9 Å². The Morgan fingerprint density at radius 3 is 2.47 bits per heavy atom. The highest BCUT2D eigenvalue weighted by Crippen LogP contribution is 2.27. The lowest BCUT2D eigenvalue weighted by Gasteiger charge is -2.27. The molecule has 0 bridgehead atoms. The Hall–Kier alpha value is -1.04. The summed E-state index contributed by atoms with van der Waals surface area (Å²) in [6, 6.07) is 2.54. The van der Waals surface area contributed by atoms with Gasteiger partial charge in [0.2, 0.25) is 0 Å². The van der Waals surface area contributed by atoms with Crippen LogP contribution in [0.3, 0.4) is 0 Å².